The first kappa shape index (κ1) is 13.4. The van der Waals surface area contributed by atoms with Gasteiger partial charge in [-0.15, -0.1) is 0 Å². The molecule has 1 heterocycles. The predicted molar refractivity (Wildman–Crippen MR) is 63.3 cm³/mol. The Hall–Kier alpha value is -1.70. The zero-order valence-electron chi connectivity index (χ0n) is 9.47. The number of hydrogen-bond acceptors (Lipinski definition) is 6. The first-order valence-corrected chi connectivity index (χ1v) is 5.78. The van der Waals surface area contributed by atoms with E-state index >= 15 is 0 Å². The zero-order chi connectivity index (χ0) is 13.1. The van der Waals surface area contributed by atoms with Crippen LogP contribution in [0, 0.1) is 15.5 Å². The molecule has 1 aromatic rings. The lowest BCUT2D eigenvalue weighted by atomic mass is 9.88. The number of nitrogens with zero attached hydrogens (tertiary/aromatic N) is 2. The SMILES string of the molecule is CCC(C)(CNc1ncc([N+](=O)[O-])s1)C(=O)O. The molecule has 1 unspecified atom stereocenters. The fraction of sp³-hybridized carbons (Fsp3) is 0.556. The van der Waals surface area contributed by atoms with Gasteiger partial charge in [-0.3, -0.25) is 14.9 Å². The topological polar surface area (TPSA) is 105 Å². The fourth-order valence-electron chi connectivity index (χ4n) is 1.05. The molecule has 8 heteroatoms. The summed E-state index contributed by atoms with van der Waals surface area (Å²) in [5.41, 5.74) is -0.902. The van der Waals surface area contributed by atoms with Gasteiger partial charge in [0, 0.05) is 6.54 Å². The van der Waals surface area contributed by atoms with Crippen molar-refractivity contribution in [3.63, 3.8) is 0 Å². The van der Waals surface area contributed by atoms with Crippen LogP contribution in [0.3, 0.4) is 0 Å². The van der Waals surface area contributed by atoms with Gasteiger partial charge in [0.15, 0.2) is 5.13 Å². The molecule has 0 aliphatic rings. The van der Waals surface area contributed by atoms with Crippen LogP contribution in [-0.4, -0.2) is 27.5 Å². The van der Waals surface area contributed by atoms with E-state index in [0.717, 1.165) is 17.5 Å². The number of nitro groups is 1. The molecule has 0 radical (unpaired) electrons. The van der Waals surface area contributed by atoms with E-state index in [4.69, 9.17) is 5.11 Å². The normalized spacial score (nSPS) is 14.0. The summed E-state index contributed by atoms with van der Waals surface area (Å²) < 4.78 is 0. The lowest BCUT2D eigenvalue weighted by Gasteiger charge is -2.22. The van der Waals surface area contributed by atoms with E-state index in [0.29, 0.717) is 11.6 Å². The molecule has 0 spiro atoms. The molecular weight excluding hydrogens is 246 g/mol. The van der Waals surface area contributed by atoms with E-state index in [-0.39, 0.29) is 11.5 Å². The van der Waals surface area contributed by atoms with E-state index in [1.807, 2.05) is 0 Å². The van der Waals surface area contributed by atoms with Crippen molar-refractivity contribution in [2.24, 2.45) is 5.41 Å². The van der Waals surface area contributed by atoms with E-state index in [9.17, 15) is 14.9 Å². The second-order valence-corrected chi connectivity index (χ2v) is 4.84. The highest BCUT2D eigenvalue weighted by Crippen LogP contribution is 2.27. The number of rotatable bonds is 6. The number of carboxylic acid groups (broad SMARTS) is 1. The second-order valence-electron chi connectivity index (χ2n) is 3.83. The van der Waals surface area contributed by atoms with Crippen molar-refractivity contribution >= 4 is 27.4 Å². The van der Waals surface area contributed by atoms with Gasteiger partial charge in [-0.25, -0.2) is 4.98 Å². The Labute approximate surface area is 102 Å². The smallest absolute Gasteiger partial charge is 0.345 e. The Balaban J connectivity index is 2.66. The number of nitrogens with one attached hydrogen (secondary N) is 1. The largest absolute Gasteiger partial charge is 0.481 e. The summed E-state index contributed by atoms with van der Waals surface area (Å²) in [6, 6.07) is 0. The maximum Gasteiger partial charge on any atom is 0.345 e. The van der Waals surface area contributed by atoms with Gasteiger partial charge in [0.05, 0.1) is 10.3 Å². The molecule has 1 atom stereocenters. The van der Waals surface area contributed by atoms with Crippen LogP contribution >= 0.6 is 11.3 Å². The van der Waals surface area contributed by atoms with Gasteiger partial charge >= 0.3 is 11.0 Å². The van der Waals surface area contributed by atoms with Crippen molar-refractivity contribution in [3.05, 3.63) is 16.3 Å². The number of carboxylic acids is 1. The van der Waals surface area contributed by atoms with Crippen LogP contribution < -0.4 is 5.32 Å². The summed E-state index contributed by atoms with van der Waals surface area (Å²) in [5.74, 6) is -0.904. The average molecular weight is 259 g/mol. The van der Waals surface area contributed by atoms with Crippen molar-refractivity contribution in [2.45, 2.75) is 20.3 Å². The minimum atomic E-state index is -0.904. The van der Waals surface area contributed by atoms with Crippen LogP contribution in [0.1, 0.15) is 20.3 Å². The first-order valence-electron chi connectivity index (χ1n) is 4.96. The highest BCUT2D eigenvalue weighted by molar-refractivity contribution is 7.18. The van der Waals surface area contributed by atoms with E-state index in [1.165, 1.54) is 0 Å². The van der Waals surface area contributed by atoms with Crippen LogP contribution in [0.4, 0.5) is 10.1 Å². The third-order valence-corrected chi connectivity index (χ3v) is 3.51. The van der Waals surface area contributed by atoms with Gasteiger partial charge in [-0.1, -0.05) is 6.92 Å². The monoisotopic (exact) mass is 259 g/mol. The predicted octanol–water partition coefficient (Wildman–Crippen LogP) is 1.96. The van der Waals surface area contributed by atoms with Gasteiger partial charge in [-0.2, -0.15) is 0 Å². The average Bonchev–Trinajstić information content (AvgIpc) is 2.74. The number of thiazole rings is 1. The standard InChI is InChI=1S/C9H13N3O4S/c1-3-9(2,7(13)14)5-11-8-10-4-6(17-8)12(15)16/h4H,3,5H2,1-2H3,(H,10,11)(H,13,14). The summed E-state index contributed by atoms with van der Waals surface area (Å²) >= 11 is 0.890. The van der Waals surface area contributed by atoms with Crippen LogP contribution in [0.5, 0.6) is 0 Å². The molecule has 0 saturated carbocycles. The Morgan fingerprint density at radius 1 is 1.76 bits per heavy atom. The Morgan fingerprint density at radius 3 is 2.82 bits per heavy atom. The van der Waals surface area contributed by atoms with Crippen LogP contribution in [0.25, 0.3) is 0 Å². The minimum absolute atomic E-state index is 0.0685. The molecule has 17 heavy (non-hydrogen) atoms. The zero-order valence-corrected chi connectivity index (χ0v) is 10.3. The molecule has 2 N–H and O–H groups in total. The van der Waals surface area contributed by atoms with Crippen LogP contribution in [0.2, 0.25) is 0 Å². The second kappa shape index (κ2) is 5.09. The van der Waals surface area contributed by atoms with Crippen molar-refractivity contribution in [2.75, 3.05) is 11.9 Å². The Morgan fingerprint density at radius 2 is 2.41 bits per heavy atom. The highest BCUT2D eigenvalue weighted by Gasteiger charge is 2.31. The maximum absolute atomic E-state index is 11.0. The quantitative estimate of drug-likeness (QED) is 0.597. The Kier molecular flexibility index (Phi) is 4.00. The Bertz CT molecular complexity index is 434. The molecule has 7 nitrogen and oxygen atoms in total. The number of aromatic nitrogens is 1. The molecule has 1 aromatic heterocycles. The first-order chi connectivity index (χ1) is 7.89. The number of aliphatic carboxylic acids is 1. The third-order valence-electron chi connectivity index (χ3n) is 2.60. The van der Waals surface area contributed by atoms with Crippen molar-refractivity contribution in [3.8, 4) is 0 Å². The summed E-state index contributed by atoms with van der Waals surface area (Å²) in [6.07, 6.45) is 1.61. The van der Waals surface area contributed by atoms with Crippen LogP contribution in [-0.2, 0) is 4.79 Å². The van der Waals surface area contributed by atoms with Crippen LogP contribution in [0.15, 0.2) is 6.20 Å². The molecule has 0 aliphatic carbocycles. The minimum Gasteiger partial charge on any atom is -0.481 e. The van der Waals surface area contributed by atoms with Gasteiger partial charge in [0.2, 0.25) is 0 Å². The molecule has 0 saturated heterocycles. The fourth-order valence-corrected chi connectivity index (χ4v) is 1.68. The third kappa shape index (κ3) is 3.13. The molecule has 0 fully saturated rings. The summed E-state index contributed by atoms with van der Waals surface area (Å²) in [7, 11) is 0. The molecule has 94 valence electrons. The molecule has 0 aromatic carbocycles. The molecule has 1 rings (SSSR count). The van der Waals surface area contributed by atoms with Gasteiger partial charge in [0.25, 0.3) is 0 Å². The summed E-state index contributed by atoms with van der Waals surface area (Å²) in [5, 5.41) is 22.6. The number of hydrogen-bond donors (Lipinski definition) is 2. The lowest BCUT2D eigenvalue weighted by Crippen LogP contribution is -2.34. The summed E-state index contributed by atoms with van der Waals surface area (Å²) in [6.45, 7) is 3.58. The van der Waals surface area contributed by atoms with E-state index in [1.54, 1.807) is 13.8 Å². The van der Waals surface area contributed by atoms with Crippen molar-refractivity contribution in [1.29, 1.82) is 0 Å². The molecule has 0 amide bonds. The lowest BCUT2D eigenvalue weighted by molar-refractivity contribution is -0.380. The van der Waals surface area contributed by atoms with E-state index in [2.05, 4.69) is 10.3 Å². The number of carbonyl (C=O) groups is 1. The van der Waals surface area contributed by atoms with E-state index < -0.39 is 16.3 Å². The molecule has 0 aliphatic heterocycles. The van der Waals surface area contributed by atoms with Crippen molar-refractivity contribution < 1.29 is 14.8 Å². The van der Waals surface area contributed by atoms with Crippen molar-refractivity contribution in [1.82, 2.24) is 4.98 Å². The highest BCUT2D eigenvalue weighted by atomic mass is 32.1. The van der Waals surface area contributed by atoms with Gasteiger partial charge in [0.1, 0.15) is 6.20 Å². The summed E-state index contributed by atoms with van der Waals surface area (Å²) in [4.78, 5) is 24.7. The van der Waals surface area contributed by atoms with Gasteiger partial charge < -0.3 is 10.4 Å². The maximum atomic E-state index is 11.0. The molecular formula is C9H13N3O4S. The number of anilines is 1. The molecule has 0 bridgehead atoms. The van der Waals surface area contributed by atoms with Gasteiger partial charge in [-0.05, 0) is 24.7 Å².